The van der Waals surface area contributed by atoms with Gasteiger partial charge in [0, 0.05) is 26.2 Å². The molecule has 2 fully saturated rings. The minimum atomic E-state index is 0.210. The predicted octanol–water partition coefficient (Wildman–Crippen LogP) is 3.69. The van der Waals surface area contributed by atoms with Crippen LogP contribution in [0.5, 0.6) is 0 Å². The average Bonchev–Trinajstić information content (AvgIpc) is 3.05. The van der Waals surface area contributed by atoms with Gasteiger partial charge in [-0.25, -0.2) is 0 Å². The summed E-state index contributed by atoms with van der Waals surface area (Å²) in [4.78, 5) is 17.5. The molecule has 1 amide bonds. The van der Waals surface area contributed by atoms with Gasteiger partial charge in [-0.3, -0.25) is 9.69 Å². The van der Waals surface area contributed by atoms with Gasteiger partial charge in [0.2, 0.25) is 5.91 Å². The Kier molecular flexibility index (Phi) is 5.71. The quantitative estimate of drug-likeness (QED) is 0.831. The Morgan fingerprint density at radius 3 is 2.48 bits per heavy atom. The SMILES string of the molecule is CN1CCCCCCN(Cc2ccccc2)[C@H]2CCC[C@H]2C1=O. The van der Waals surface area contributed by atoms with E-state index in [9.17, 15) is 4.79 Å². The molecule has 3 heteroatoms. The van der Waals surface area contributed by atoms with Gasteiger partial charge in [-0.2, -0.15) is 0 Å². The van der Waals surface area contributed by atoms with Crippen molar-refractivity contribution in [3.8, 4) is 0 Å². The van der Waals surface area contributed by atoms with Gasteiger partial charge in [-0.05, 0) is 37.8 Å². The molecule has 0 unspecified atom stereocenters. The monoisotopic (exact) mass is 314 g/mol. The molecular formula is C20H30N2O. The summed E-state index contributed by atoms with van der Waals surface area (Å²) in [5.41, 5.74) is 1.37. The van der Waals surface area contributed by atoms with Gasteiger partial charge < -0.3 is 4.90 Å². The van der Waals surface area contributed by atoms with Crippen molar-refractivity contribution in [3.05, 3.63) is 35.9 Å². The molecule has 23 heavy (non-hydrogen) atoms. The molecule has 2 atom stereocenters. The molecule has 1 aromatic rings. The molecule has 1 aliphatic heterocycles. The fourth-order valence-corrected chi connectivity index (χ4v) is 4.26. The van der Waals surface area contributed by atoms with Crippen molar-refractivity contribution in [3.63, 3.8) is 0 Å². The fraction of sp³-hybridized carbons (Fsp3) is 0.650. The van der Waals surface area contributed by atoms with E-state index < -0.39 is 0 Å². The Labute approximate surface area is 140 Å². The van der Waals surface area contributed by atoms with E-state index in [0.717, 1.165) is 32.5 Å². The lowest BCUT2D eigenvalue weighted by Crippen LogP contribution is -2.44. The Hall–Kier alpha value is -1.35. The number of amides is 1. The van der Waals surface area contributed by atoms with Crippen LogP contribution >= 0.6 is 0 Å². The van der Waals surface area contributed by atoms with Gasteiger partial charge in [0.05, 0.1) is 5.92 Å². The Morgan fingerprint density at radius 1 is 0.957 bits per heavy atom. The maximum Gasteiger partial charge on any atom is 0.227 e. The summed E-state index contributed by atoms with van der Waals surface area (Å²) in [5, 5.41) is 0. The molecule has 1 aliphatic carbocycles. The summed E-state index contributed by atoms with van der Waals surface area (Å²) in [6.07, 6.45) is 8.37. The number of hydrogen-bond acceptors (Lipinski definition) is 2. The largest absolute Gasteiger partial charge is 0.345 e. The van der Waals surface area contributed by atoms with Crippen LogP contribution in [0, 0.1) is 5.92 Å². The first-order valence-electron chi connectivity index (χ1n) is 9.28. The van der Waals surface area contributed by atoms with Gasteiger partial charge in [0.15, 0.2) is 0 Å². The highest BCUT2D eigenvalue weighted by Crippen LogP contribution is 2.33. The van der Waals surface area contributed by atoms with E-state index in [0.29, 0.717) is 11.9 Å². The van der Waals surface area contributed by atoms with Crippen molar-refractivity contribution in [2.75, 3.05) is 20.1 Å². The van der Waals surface area contributed by atoms with Crippen molar-refractivity contribution in [2.45, 2.75) is 57.5 Å². The zero-order valence-corrected chi connectivity index (χ0v) is 14.4. The van der Waals surface area contributed by atoms with Crippen LogP contribution in [-0.2, 0) is 11.3 Å². The highest BCUT2D eigenvalue weighted by atomic mass is 16.2. The van der Waals surface area contributed by atoms with Gasteiger partial charge in [-0.15, -0.1) is 0 Å². The first kappa shape index (κ1) is 16.5. The lowest BCUT2D eigenvalue weighted by molar-refractivity contribution is -0.136. The van der Waals surface area contributed by atoms with E-state index in [2.05, 4.69) is 35.2 Å². The average molecular weight is 314 g/mol. The van der Waals surface area contributed by atoms with E-state index in [1.54, 1.807) is 0 Å². The zero-order valence-electron chi connectivity index (χ0n) is 14.4. The number of benzene rings is 1. The van der Waals surface area contributed by atoms with Crippen LogP contribution in [0.15, 0.2) is 30.3 Å². The molecule has 1 saturated carbocycles. The second kappa shape index (κ2) is 7.96. The first-order chi connectivity index (χ1) is 11.3. The summed E-state index contributed by atoms with van der Waals surface area (Å²) in [5.74, 6) is 0.592. The van der Waals surface area contributed by atoms with Crippen LogP contribution < -0.4 is 0 Å². The van der Waals surface area contributed by atoms with E-state index in [1.165, 1.54) is 37.7 Å². The molecule has 3 rings (SSSR count). The first-order valence-corrected chi connectivity index (χ1v) is 9.28. The zero-order chi connectivity index (χ0) is 16.1. The minimum absolute atomic E-state index is 0.210. The molecule has 0 aromatic heterocycles. The lowest BCUT2D eigenvalue weighted by Gasteiger charge is -2.34. The normalized spacial score (nSPS) is 27.5. The maximum atomic E-state index is 12.9. The highest BCUT2D eigenvalue weighted by Gasteiger charge is 2.38. The van der Waals surface area contributed by atoms with Crippen molar-refractivity contribution in [1.29, 1.82) is 0 Å². The third-order valence-corrected chi connectivity index (χ3v) is 5.56. The smallest absolute Gasteiger partial charge is 0.227 e. The summed E-state index contributed by atoms with van der Waals surface area (Å²) in [6, 6.07) is 11.2. The molecule has 126 valence electrons. The van der Waals surface area contributed by atoms with E-state index in [4.69, 9.17) is 0 Å². The van der Waals surface area contributed by atoms with Crippen LogP contribution in [0.4, 0.5) is 0 Å². The van der Waals surface area contributed by atoms with Crippen molar-refractivity contribution in [2.24, 2.45) is 5.92 Å². The number of hydrogen-bond donors (Lipinski definition) is 0. The van der Waals surface area contributed by atoms with Crippen LogP contribution in [0.3, 0.4) is 0 Å². The molecule has 1 saturated heterocycles. The van der Waals surface area contributed by atoms with Crippen molar-refractivity contribution >= 4 is 5.91 Å². The minimum Gasteiger partial charge on any atom is -0.345 e. The van der Waals surface area contributed by atoms with Crippen molar-refractivity contribution in [1.82, 2.24) is 9.80 Å². The van der Waals surface area contributed by atoms with Gasteiger partial charge >= 0.3 is 0 Å². The number of carbonyl (C=O) groups is 1. The summed E-state index contributed by atoms with van der Waals surface area (Å²) in [6.45, 7) is 3.05. The van der Waals surface area contributed by atoms with Gasteiger partial charge in [0.1, 0.15) is 0 Å². The molecule has 2 aliphatic rings. The van der Waals surface area contributed by atoms with E-state index >= 15 is 0 Å². The van der Waals surface area contributed by atoms with Gasteiger partial charge in [-0.1, -0.05) is 49.6 Å². The third-order valence-electron chi connectivity index (χ3n) is 5.56. The van der Waals surface area contributed by atoms with Crippen LogP contribution in [-0.4, -0.2) is 41.9 Å². The molecule has 1 aromatic carbocycles. The fourth-order valence-electron chi connectivity index (χ4n) is 4.26. The van der Waals surface area contributed by atoms with Gasteiger partial charge in [0.25, 0.3) is 0 Å². The van der Waals surface area contributed by atoms with E-state index in [1.807, 2.05) is 11.9 Å². The lowest BCUT2D eigenvalue weighted by atomic mass is 9.99. The molecule has 0 spiro atoms. The molecular weight excluding hydrogens is 284 g/mol. The van der Waals surface area contributed by atoms with E-state index in [-0.39, 0.29) is 5.92 Å². The Morgan fingerprint density at radius 2 is 1.70 bits per heavy atom. The highest BCUT2D eigenvalue weighted by molar-refractivity contribution is 5.79. The van der Waals surface area contributed by atoms with Crippen LogP contribution in [0.25, 0.3) is 0 Å². The van der Waals surface area contributed by atoms with Crippen LogP contribution in [0.1, 0.15) is 50.5 Å². The molecule has 3 nitrogen and oxygen atoms in total. The topological polar surface area (TPSA) is 23.6 Å². The second-order valence-corrected chi connectivity index (χ2v) is 7.23. The summed E-state index contributed by atoms with van der Waals surface area (Å²) in [7, 11) is 2.00. The molecule has 0 radical (unpaired) electrons. The maximum absolute atomic E-state index is 12.9. The molecule has 0 bridgehead atoms. The molecule has 0 N–H and O–H groups in total. The standard InChI is InChI=1S/C20H30N2O/c1-21-14-7-2-3-8-15-22(16-17-10-5-4-6-11-17)19-13-9-12-18(19)20(21)23/h4-6,10-11,18-19H,2-3,7-9,12-16H2,1H3/t18-,19+/m1/s1. The predicted molar refractivity (Wildman–Crippen MR) is 94.1 cm³/mol. The Balaban J connectivity index is 1.78. The summed E-state index contributed by atoms with van der Waals surface area (Å²) < 4.78 is 0. The Bertz CT molecular complexity index is 502. The number of carbonyl (C=O) groups excluding carboxylic acids is 1. The third kappa shape index (κ3) is 4.14. The number of fused-ring (bicyclic) bond motifs is 1. The van der Waals surface area contributed by atoms with Crippen LogP contribution in [0.2, 0.25) is 0 Å². The van der Waals surface area contributed by atoms with Crippen molar-refractivity contribution < 1.29 is 4.79 Å². The summed E-state index contributed by atoms with van der Waals surface area (Å²) >= 11 is 0. The second-order valence-electron chi connectivity index (χ2n) is 7.23. The molecule has 1 heterocycles. The number of rotatable bonds is 2. The number of nitrogens with zero attached hydrogens (tertiary/aromatic N) is 2.